The number of methoxy groups -OCH3 is 1. The van der Waals surface area contributed by atoms with Crippen LogP contribution in [0.3, 0.4) is 0 Å². The lowest BCUT2D eigenvalue weighted by molar-refractivity contribution is 0.271. The van der Waals surface area contributed by atoms with Gasteiger partial charge in [-0.05, 0) is 25.7 Å². The van der Waals surface area contributed by atoms with Gasteiger partial charge in [-0.2, -0.15) is 0 Å². The van der Waals surface area contributed by atoms with Gasteiger partial charge in [-0.25, -0.2) is 0 Å². The summed E-state index contributed by atoms with van der Waals surface area (Å²) in [6.45, 7) is 10.7. The van der Waals surface area contributed by atoms with Crippen molar-refractivity contribution in [2.45, 2.75) is 53.5 Å². The minimum atomic E-state index is 0.112. The highest BCUT2D eigenvalue weighted by atomic mass is 16.5. The Morgan fingerprint density at radius 2 is 2.00 bits per heavy atom. The summed E-state index contributed by atoms with van der Waals surface area (Å²) in [5.74, 6) is 0.932. The van der Waals surface area contributed by atoms with Crippen molar-refractivity contribution in [3.8, 4) is 5.75 Å². The van der Waals surface area contributed by atoms with Gasteiger partial charge in [0.05, 0.1) is 7.11 Å². The van der Waals surface area contributed by atoms with E-state index in [9.17, 15) is 0 Å². The maximum atomic E-state index is 6.31. The molecule has 0 radical (unpaired) electrons. The summed E-state index contributed by atoms with van der Waals surface area (Å²) in [6.07, 6.45) is 3.73. The van der Waals surface area contributed by atoms with Crippen LogP contribution in [0.25, 0.3) is 0 Å². The molecule has 18 heavy (non-hydrogen) atoms. The van der Waals surface area contributed by atoms with Crippen molar-refractivity contribution in [3.63, 3.8) is 0 Å². The smallest absolute Gasteiger partial charge is 0.128 e. The van der Waals surface area contributed by atoms with E-state index in [4.69, 9.17) is 10.5 Å². The van der Waals surface area contributed by atoms with E-state index in [1.807, 2.05) is 13.1 Å². The van der Waals surface area contributed by atoms with E-state index in [0.717, 1.165) is 35.4 Å². The van der Waals surface area contributed by atoms with Crippen molar-refractivity contribution >= 4 is 0 Å². The van der Waals surface area contributed by atoms with Gasteiger partial charge in [-0.1, -0.05) is 20.8 Å². The van der Waals surface area contributed by atoms with E-state index in [0.29, 0.717) is 0 Å². The predicted molar refractivity (Wildman–Crippen MR) is 76.0 cm³/mol. The van der Waals surface area contributed by atoms with E-state index in [1.54, 1.807) is 7.11 Å². The third-order valence-corrected chi connectivity index (χ3v) is 4.08. The van der Waals surface area contributed by atoms with Crippen molar-refractivity contribution in [1.29, 1.82) is 0 Å². The first-order chi connectivity index (χ1) is 8.33. The normalized spacial score (nSPS) is 13.5. The first-order valence-electron chi connectivity index (χ1n) is 6.58. The van der Waals surface area contributed by atoms with Crippen LogP contribution >= 0.6 is 0 Å². The van der Waals surface area contributed by atoms with Crippen molar-refractivity contribution in [2.24, 2.45) is 11.1 Å². The fraction of sp³-hybridized carbons (Fsp3) is 0.667. The van der Waals surface area contributed by atoms with Gasteiger partial charge in [-0.15, -0.1) is 0 Å². The molecule has 3 nitrogen and oxygen atoms in total. The van der Waals surface area contributed by atoms with Crippen molar-refractivity contribution in [1.82, 2.24) is 4.98 Å². The number of hydrogen-bond donors (Lipinski definition) is 1. The standard InChI is InChI=1S/C15H26N2O/c1-7-15(4,5)13(16)8-12-11(3)14(18-6)10(2)9-17-12/h9,13H,7-8,16H2,1-6H3. The zero-order valence-electron chi connectivity index (χ0n) is 12.5. The monoisotopic (exact) mass is 250 g/mol. The average molecular weight is 250 g/mol. The molecule has 0 aromatic carbocycles. The molecule has 0 amide bonds. The Balaban J connectivity index is 2.99. The molecule has 1 rings (SSSR count). The van der Waals surface area contributed by atoms with Crippen LogP contribution in [0.2, 0.25) is 0 Å². The molecule has 1 unspecified atom stereocenters. The maximum absolute atomic E-state index is 6.31. The summed E-state index contributed by atoms with van der Waals surface area (Å²) >= 11 is 0. The molecule has 102 valence electrons. The number of hydrogen-bond acceptors (Lipinski definition) is 3. The molecule has 0 bridgehead atoms. The highest BCUT2D eigenvalue weighted by Crippen LogP contribution is 2.29. The summed E-state index contributed by atoms with van der Waals surface area (Å²) in [5, 5.41) is 0. The fourth-order valence-corrected chi connectivity index (χ4v) is 2.02. The fourth-order valence-electron chi connectivity index (χ4n) is 2.02. The van der Waals surface area contributed by atoms with Crippen LogP contribution in [0.5, 0.6) is 5.75 Å². The van der Waals surface area contributed by atoms with Crippen LogP contribution in [0.4, 0.5) is 0 Å². The first kappa shape index (κ1) is 15.0. The Morgan fingerprint density at radius 1 is 1.39 bits per heavy atom. The van der Waals surface area contributed by atoms with Crippen molar-refractivity contribution in [2.75, 3.05) is 7.11 Å². The molecule has 3 heteroatoms. The summed E-state index contributed by atoms with van der Waals surface area (Å²) in [4.78, 5) is 4.51. The molecule has 0 saturated carbocycles. The molecular formula is C15H26N2O. The molecule has 1 atom stereocenters. The summed E-state index contributed by atoms with van der Waals surface area (Å²) < 4.78 is 5.43. The topological polar surface area (TPSA) is 48.1 Å². The number of aromatic nitrogens is 1. The molecule has 2 N–H and O–H groups in total. The molecule has 0 fully saturated rings. The number of nitrogens with two attached hydrogens (primary N) is 1. The molecule has 0 saturated heterocycles. The molecular weight excluding hydrogens is 224 g/mol. The van der Waals surface area contributed by atoms with Crippen LogP contribution in [-0.4, -0.2) is 18.1 Å². The minimum absolute atomic E-state index is 0.112. The third kappa shape index (κ3) is 3.02. The summed E-state index contributed by atoms with van der Waals surface area (Å²) in [7, 11) is 1.70. The molecule has 0 spiro atoms. The number of pyridine rings is 1. The Labute approximate surface area is 111 Å². The van der Waals surface area contributed by atoms with Gasteiger partial charge in [0.25, 0.3) is 0 Å². The van der Waals surface area contributed by atoms with Crippen LogP contribution in [0.15, 0.2) is 6.20 Å². The van der Waals surface area contributed by atoms with Crippen LogP contribution in [0.1, 0.15) is 44.0 Å². The summed E-state index contributed by atoms with van der Waals surface area (Å²) in [6, 6.07) is 0.112. The lowest BCUT2D eigenvalue weighted by atomic mass is 9.80. The number of nitrogens with zero attached hydrogens (tertiary/aromatic N) is 1. The van der Waals surface area contributed by atoms with Crippen molar-refractivity contribution < 1.29 is 4.74 Å². The van der Waals surface area contributed by atoms with Gasteiger partial charge in [0.15, 0.2) is 0 Å². The zero-order chi connectivity index (χ0) is 13.9. The first-order valence-corrected chi connectivity index (χ1v) is 6.58. The Hall–Kier alpha value is -1.09. The second-order valence-electron chi connectivity index (χ2n) is 5.70. The Kier molecular flexibility index (Phi) is 4.74. The van der Waals surface area contributed by atoms with Gasteiger partial charge in [0, 0.05) is 35.5 Å². The Morgan fingerprint density at radius 3 is 2.50 bits per heavy atom. The molecule has 1 aromatic rings. The average Bonchev–Trinajstić information content (AvgIpc) is 2.33. The van der Waals surface area contributed by atoms with Gasteiger partial charge >= 0.3 is 0 Å². The summed E-state index contributed by atoms with van der Waals surface area (Å²) in [5.41, 5.74) is 9.67. The third-order valence-electron chi connectivity index (χ3n) is 4.08. The quantitative estimate of drug-likeness (QED) is 0.874. The lowest BCUT2D eigenvalue weighted by Gasteiger charge is -2.30. The molecule has 0 aliphatic carbocycles. The van der Waals surface area contributed by atoms with E-state index in [-0.39, 0.29) is 11.5 Å². The van der Waals surface area contributed by atoms with Crippen LogP contribution in [0, 0.1) is 19.3 Å². The van der Waals surface area contributed by atoms with Crippen LogP contribution < -0.4 is 10.5 Å². The van der Waals surface area contributed by atoms with Gasteiger partial charge in [-0.3, -0.25) is 4.98 Å². The number of ether oxygens (including phenoxy) is 1. The van der Waals surface area contributed by atoms with Gasteiger partial charge in [0.1, 0.15) is 5.75 Å². The minimum Gasteiger partial charge on any atom is -0.496 e. The molecule has 1 heterocycles. The molecule has 0 aliphatic rings. The highest BCUT2D eigenvalue weighted by molar-refractivity contribution is 5.41. The van der Waals surface area contributed by atoms with E-state index in [2.05, 4.69) is 32.7 Å². The predicted octanol–water partition coefficient (Wildman–Crippen LogP) is 3.01. The number of rotatable bonds is 5. The second kappa shape index (κ2) is 5.70. The van der Waals surface area contributed by atoms with Gasteiger partial charge < -0.3 is 10.5 Å². The zero-order valence-corrected chi connectivity index (χ0v) is 12.5. The van der Waals surface area contributed by atoms with E-state index in [1.165, 1.54) is 0 Å². The molecule has 1 aromatic heterocycles. The maximum Gasteiger partial charge on any atom is 0.128 e. The van der Waals surface area contributed by atoms with E-state index >= 15 is 0 Å². The van der Waals surface area contributed by atoms with Crippen LogP contribution in [-0.2, 0) is 6.42 Å². The lowest BCUT2D eigenvalue weighted by Crippen LogP contribution is -2.39. The number of aryl methyl sites for hydroxylation is 1. The highest BCUT2D eigenvalue weighted by Gasteiger charge is 2.25. The van der Waals surface area contributed by atoms with Crippen molar-refractivity contribution in [3.05, 3.63) is 23.0 Å². The SMILES string of the molecule is CCC(C)(C)C(N)Cc1ncc(C)c(OC)c1C. The van der Waals surface area contributed by atoms with E-state index < -0.39 is 0 Å². The largest absolute Gasteiger partial charge is 0.496 e. The molecule has 0 aliphatic heterocycles. The Bertz CT molecular complexity index is 413. The second-order valence-corrected chi connectivity index (χ2v) is 5.70. The van der Waals surface area contributed by atoms with Gasteiger partial charge in [0.2, 0.25) is 0 Å².